The summed E-state index contributed by atoms with van der Waals surface area (Å²) in [6, 6.07) is 11.0. The Bertz CT molecular complexity index is 836. The highest BCUT2D eigenvalue weighted by atomic mass is 19.1. The maximum absolute atomic E-state index is 13.4. The van der Waals surface area contributed by atoms with Crippen molar-refractivity contribution in [2.45, 2.75) is 0 Å². The molecule has 0 saturated carbocycles. The summed E-state index contributed by atoms with van der Waals surface area (Å²) in [6.45, 7) is 0. The summed E-state index contributed by atoms with van der Waals surface area (Å²) in [5.41, 5.74) is 0.944. The molecule has 2 aromatic carbocycles. The predicted molar refractivity (Wildman–Crippen MR) is 74.4 cm³/mol. The summed E-state index contributed by atoms with van der Waals surface area (Å²) in [6.07, 6.45) is 1.34. The molecule has 0 fully saturated rings. The van der Waals surface area contributed by atoms with Crippen LogP contribution in [0.5, 0.6) is 5.75 Å². The van der Waals surface area contributed by atoms with Gasteiger partial charge in [0.2, 0.25) is 5.43 Å². The Kier molecular flexibility index (Phi) is 2.99. The monoisotopic (exact) mass is 270 g/mol. The van der Waals surface area contributed by atoms with Gasteiger partial charge >= 0.3 is 0 Å². The van der Waals surface area contributed by atoms with Crippen LogP contribution in [-0.2, 0) is 0 Å². The van der Waals surface area contributed by atoms with Gasteiger partial charge in [-0.3, -0.25) is 4.79 Å². The van der Waals surface area contributed by atoms with Crippen molar-refractivity contribution in [1.29, 1.82) is 0 Å². The number of ether oxygens (including phenoxy) is 1. The van der Waals surface area contributed by atoms with Crippen molar-refractivity contribution >= 4 is 11.0 Å². The smallest absolute Gasteiger partial charge is 0.200 e. The highest BCUT2D eigenvalue weighted by Crippen LogP contribution is 2.29. The van der Waals surface area contributed by atoms with Crippen molar-refractivity contribution in [3.63, 3.8) is 0 Å². The fourth-order valence-corrected chi connectivity index (χ4v) is 2.15. The minimum absolute atomic E-state index is 0.212. The van der Waals surface area contributed by atoms with Crippen LogP contribution in [-0.4, -0.2) is 7.11 Å². The van der Waals surface area contributed by atoms with Crippen molar-refractivity contribution in [3.05, 3.63) is 64.8 Å². The second-order valence-electron chi connectivity index (χ2n) is 4.32. The van der Waals surface area contributed by atoms with Gasteiger partial charge in [0.25, 0.3) is 0 Å². The molecule has 0 aliphatic rings. The minimum Gasteiger partial charge on any atom is -0.496 e. The van der Waals surface area contributed by atoms with Crippen molar-refractivity contribution < 1.29 is 13.5 Å². The van der Waals surface area contributed by atoms with Gasteiger partial charge in [-0.25, -0.2) is 4.39 Å². The molecular formula is C16H11FO3. The number of fused-ring (bicyclic) bond motifs is 1. The van der Waals surface area contributed by atoms with E-state index in [0.29, 0.717) is 22.3 Å². The molecular weight excluding hydrogens is 259 g/mol. The molecule has 0 aliphatic carbocycles. The zero-order valence-corrected chi connectivity index (χ0v) is 10.7. The molecule has 0 aliphatic heterocycles. The van der Waals surface area contributed by atoms with E-state index in [9.17, 15) is 9.18 Å². The van der Waals surface area contributed by atoms with Crippen LogP contribution < -0.4 is 10.2 Å². The number of hydrogen-bond donors (Lipinski definition) is 0. The number of benzene rings is 2. The normalized spacial score (nSPS) is 10.7. The first-order valence-corrected chi connectivity index (χ1v) is 6.05. The SMILES string of the molecule is COc1ccc(F)cc1-c1coc2ccccc2c1=O. The van der Waals surface area contributed by atoms with Crippen LogP contribution in [0.1, 0.15) is 0 Å². The molecule has 20 heavy (non-hydrogen) atoms. The Balaban J connectivity index is 2.33. The zero-order valence-electron chi connectivity index (χ0n) is 10.7. The van der Waals surface area contributed by atoms with E-state index in [4.69, 9.17) is 9.15 Å². The van der Waals surface area contributed by atoms with E-state index in [1.54, 1.807) is 24.3 Å². The number of para-hydroxylation sites is 1. The third-order valence-corrected chi connectivity index (χ3v) is 3.13. The summed E-state index contributed by atoms with van der Waals surface area (Å²) in [5.74, 6) is -0.0117. The third kappa shape index (κ3) is 1.95. The maximum Gasteiger partial charge on any atom is 0.200 e. The van der Waals surface area contributed by atoms with E-state index in [2.05, 4.69) is 0 Å². The van der Waals surface area contributed by atoms with Crippen LogP contribution in [0, 0.1) is 5.82 Å². The van der Waals surface area contributed by atoms with Gasteiger partial charge in [-0.15, -0.1) is 0 Å². The van der Waals surface area contributed by atoms with Gasteiger partial charge in [0.05, 0.1) is 18.1 Å². The zero-order chi connectivity index (χ0) is 14.1. The largest absolute Gasteiger partial charge is 0.496 e. The van der Waals surface area contributed by atoms with Crippen molar-refractivity contribution in [2.24, 2.45) is 0 Å². The summed E-state index contributed by atoms with van der Waals surface area (Å²) in [7, 11) is 1.47. The van der Waals surface area contributed by atoms with Crippen molar-refractivity contribution in [3.8, 4) is 16.9 Å². The van der Waals surface area contributed by atoms with Crippen LogP contribution >= 0.6 is 0 Å². The van der Waals surface area contributed by atoms with Crippen LogP contribution in [0.3, 0.4) is 0 Å². The Morgan fingerprint density at radius 3 is 2.70 bits per heavy atom. The van der Waals surface area contributed by atoms with Crippen LogP contribution in [0.4, 0.5) is 4.39 Å². The van der Waals surface area contributed by atoms with Gasteiger partial charge in [-0.1, -0.05) is 12.1 Å². The lowest BCUT2D eigenvalue weighted by atomic mass is 10.0. The minimum atomic E-state index is -0.437. The average molecular weight is 270 g/mol. The highest BCUT2D eigenvalue weighted by molar-refractivity contribution is 5.82. The molecule has 0 bridgehead atoms. The molecule has 0 unspecified atom stereocenters. The van der Waals surface area contributed by atoms with Gasteiger partial charge in [0, 0.05) is 5.56 Å². The Morgan fingerprint density at radius 2 is 1.90 bits per heavy atom. The lowest BCUT2D eigenvalue weighted by Gasteiger charge is -2.08. The first-order chi connectivity index (χ1) is 9.70. The lowest BCUT2D eigenvalue weighted by molar-refractivity contribution is 0.415. The average Bonchev–Trinajstić information content (AvgIpc) is 2.48. The number of rotatable bonds is 2. The molecule has 0 N–H and O–H groups in total. The topological polar surface area (TPSA) is 39.4 Å². The van der Waals surface area contributed by atoms with E-state index in [1.807, 2.05) is 0 Å². The summed E-state index contributed by atoms with van der Waals surface area (Å²) >= 11 is 0. The van der Waals surface area contributed by atoms with E-state index < -0.39 is 5.82 Å². The molecule has 4 heteroatoms. The van der Waals surface area contributed by atoms with Crippen molar-refractivity contribution in [1.82, 2.24) is 0 Å². The van der Waals surface area contributed by atoms with Crippen LogP contribution in [0.25, 0.3) is 22.1 Å². The number of halogens is 1. The molecule has 0 atom stereocenters. The third-order valence-electron chi connectivity index (χ3n) is 3.13. The second-order valence-corrected chi connectivity index (χ2v) is 4.32. The first-order valence-electron chi connectivity index (χ1n) is 6.05. The molecule has 3 aromatic rings. The van der Waals surface area contributed by atoms with Crippen molar-refractivity contribution in [2.75, 3.05) is 7.11 Å². The van der Waals surface area contributed by atoms with E-state index >= 15 is 0 Å². The predicted octanol–water partition coefficient (Wildman–Crippen LogP) is 3.61. The molecule has 0 radical (unpaired) electrons. The number of hydrogen-bond acceptors (Lipinski definition) is 3. The quantitative estimate of drug-likeness (QED) is 0.714. The molecule has 100 valence electrons. The summed E-state index contributed by atoms with van der Waals surface area (Å²) in [4.78, 5) is 12.5. The summed E-state index contributed by atoms with van der Waals surface area (Å²) < 4.78 is 24.0. The molecule has 0 saturated heterocycles. The summed E-state index contributed by atoms with van der Waals surface area (Å²) in [5, 5.41) is 0.455. The van der Waals surface area contributed by atoms with Crippen LogP contribution in [0.15, 0.2) is 57.9 Å². The van der Waals surface area contributed by atoms with E-state index in [0.717, 1.165) is 0 Å². The van der Waals surface area contributed by atoms with Crippen LogP contribution in [0.2, 0.25) is 0 Å². The first kappa shape index (κ1) is 12.4. The Hall–Kier alpha value is -2.62. The van der Waals surface area contributed by atoms with Gasteiger partial charge in [-0.05, 0) is 30.3 Å². The fraction of sp³-hybridized carbons (Fsp3) is 0.0625. The standard InChI is InChI=1S/C16H11FO3/c1-19-14-7-6-10(17)8-12(14)13-9-20-15-5-3-2-4-11(15)16(13)18/h2-9H,1H3. The van der Waals surface area contributed by atoms with Gasteiger partial charge in [-0.2, -0.15) is 0 Å². The van der Waals surface area contributed by atoms with Gasteiger partial charge in [0.1, 0.15) is 23.4 Å². The van der Waals surface area contributed by atoms with E-state index in [-0.39, 0.29) is 11.0 Å². The fourth-order valence-electron chi connectivity index (χ4n) is 2.15. The molecule has 0 amide bonds. The highest BCUT2D eigenvalue weighted by Gasteiger charge is 2.13. The maximum atomic E-state index is 13.4. The molecule has 1 heterocycles. The Morgan fingerprint density at radius 1 is 1.10 bits per heavy atom. The molecule has 3 nitrogen and oxygen atoms in total. The van der Waals surface area contributed by atoms with E-state index in [1.165, 1.54) is 31.6 Å². The second kappa shape index (κ2) is 4.81. The molecule has 0 spiro atoms. The van der Waals surface area contributed by atoms with Gasteiger partial charge in [0.15, 0.2) is 0 Å². The van der Waals surface area contributed by atoms with Gasteiger partial charge < -0.3 is 9.15 Å². The Labute approximate surface area is 114 Å². The lowest BCUT2D eigenvalue weighted by Crippen LogP contribution is -2.05. The molecule has 1 aromatic heterocycles. The molecule has 3 rings (SSSR count). The number of methoxy groups -OCH3 is 1.